The molecule has 50 heavy (non-hydrogen) atoms. The van der Waals surface area contributed by atoms with E-state index in [1.807, 2.05) is 0 Å². The van der Waals surface area contributed by atoms with Crippen LogP contribution in [-0.2, 0) is 0 Å². The van der Waals surface area contributed by atoms with E-state index in [0.717, 1.165) is 11.3 Å². The van der Waals surface area contributed by atoms with Gasteiger partial charge in [0.15, 0.2) is 0 Å². The lowest BCUT2D eigenvalue weighted by Gasteiger charge is -2.42. The number of fused-ring (bicyclic) bond motifs is 2. The molecule has 4 atom stereocenters. The molecule has 2 aliphatic heterocycles. The van der Waals surface area contributed by atoms with Gasteiger partial charge in [-0.25, -0.2) is 0 Å². The second-order valence-electron chi connectivity index (χ2n) is 13.1. The van der Waals surface area contributed by atoms with E-state index in [1.165, 1.54) is 49.4 Å². The van der Waals surface area contributed by atoms with Gasteiger partial charge in [-0.15, -0.1) is 0 Å². The van der Waals surface area contributed by atoms with Gasteiger partial charge in [-0.05, 0) is 61.0 Å². The summed E-state index contributed by atoms with van der Waals surface area (Å²) in [6.07, 6.45) is 1.85. The summed E-state index contributed by atoms with van der Waals surface area (Å²) in [6.45, 7) is 0. The van der Waals surface area contributed by atoms with E-state index in [9.17, 15) is 0 Å². The van der Waals surface area contributed by atoms with E-state index in [0.29, 0.717) is 0 Å². The minimum absolute atomic E-state index is 0.0232. The summed E-state index contributed by atoms with van der Waals surface area (Å²) in [5.41, 5.74) is 8.35. The predicted molar refractivity (Wildman–Crippen MR) is 205 cm³/mol. The van der Waals surface area contributed by atoms with E-state index in [2.05, 4.69) is 203 Å². The molecule has 7 aromatic carbocycles. The molecule has 9 rings (SSSR count). The topological polar surface area (TPSA) is 60.1 Å². The highest BCUT2D eigenvalue weighted by Crippen LogP contribution is 2.39. The smallest absolute Gasteiger partial charge is 0.104 e. The zero-order valence-electron chi connectivity index (χ0n) is 27.6. The molecule has 0 amide bonds. The highest BCUT2D eigenvalue weighted by atomic mass is 15.4. The van der Waals surface area contributed by atoms with Crippen molar-refractivity contribution in [2.24, 2.45) is 0 Å². The molecule has 244 valence electrons. The van der Waals surface area contributed by atoms with Crippen molar-refractivity contribution in [2.45, 2.75) is 30.7 Å². The zero-order valence-corrected chi connectivity index (χ0v) is 27.6. The highest BCUT2D eigenvalue weighted by molar-refractivity contribution is 5.88. The molecule has 2 aliphatic rings. The van der Waals surface area contributed by atoms with Gasteiger partial charge in [-0.3, -0.25) is 21.3 Å². The fourth-order valence-electron chi connectivity index (χ4n) is 7.68. The van der Waals surface area contributed by atoms with Gasteiger partial charge in [0.25, 0.3) is 0 Å². The van der Waals surface area contributed by atoms with Crippen molar-refractivity contribution in [3.8, 4) is 0 Å². The second-order valence-corrected chi connectivity index (χ2v) is 13.1. The Bertz CT molecular complexity index is 2230. The maximum atomic E-state index is 4.05. The van der Waals surface area contributed by atoms with Crippen molar-refractivity contribution in [2.75, 3.05) is 0 Å². The van der Waals surface area contributed by atoms with Crippen LogP contribution in [0.5, 0.6) is 0 Å². The van der Waals surface area contributed by atoms with Crippen molar-refractivity contribution in [3.05, 3.63) is 209 Å². The SMILES string of the molecule is C1=C(c2ccccc2)NC(c2ccc3ccccc3c2C2NC(c3ccccc3)NC(c3ccccc3)N2)NC1c1cccc2ccccc12. The van der Waals surface area contributed by atoms with Gasteiger partial charge in [-0.1, -0.05) is 170 Å². The Labute approximate surface area is 293 Å². The van der Waals surface area contributed by atoms with Crippen molar-refractivity contribution in [1.29, 1.82) is 0 Å². The lowest BCUT2D eigenvalue weighted by molar-refractivity contribution is 0.202. The van der Waals surface area contributed by atoms with Gasteiger partial charge in [-0.2, -0.15) is 0 Å². The lowest BCUT2D eigenvalue weighted by Crippen LogP contribution is -2.54. The quantitative estimate of drug-likeness (QED) is 0.124. The number of nitrogens with one attached hydrogen (secondary N) is 5. The molecule has 0 aromatic heterocycles. The maximum Gasteiger partial charge on any atom is 0.104 e. The summed E-state index contributed by atoms with van der Waals surface area (Å²) in [6, 6.07) is 60.6. The molecule has 5 heteroatoms. The van der Waals surface area contributed by atoms with Crippen molar-refractivity contribution in [1.82, 2.24) is 26.6 Å². The minimum Gasteiger partial charge on any atom is -0.366 e. The van der Waals surface area contributed by atoms with Crippen LogP contribution in [0.2, 0.25) is 0 Å². The van der Waals surface area contributed by atoms with Gasteiger partial charge in [0, 0.05) is 5.70 Å². The molecule has 0 saturated carbocycles. The molecule has 4 unspecified atom stereocenters. The largest absolute Gasteiger partial charge is 0.366 e. The normalized spacial score (nSPS) is 22.2. The van der Waals surface area contributed by atoms with Gasteiger partial charge < -0.3 is 5.32 Å². The minimum atomic E-state index is -0.178. The number of hydrogen-bond donors (Lipinski definition) is 5. The number of benzene rings is 7. The van der Waals surface area contributed by atoms with Crippen LogP contribution in [0.25, 0.3) is 27.2 Å². The van der Waals surface area contributed by atoms with Crippen LogP contribution in [0.1, 0.15) is 64.1 Å². The van der Waals surface area contributed by atoms with Crippen LogP contribution in [-0.4, -0.2) is 0 Å². The van der Waals surface area contributed by atoms with Gasteiger partial charge in [0.2, 0.25) is 0 Å². The maximum absolute atomic E-state index is 4.05. The van der Waals surface area contributed by atoms with Crippen LogP contribution >= 0.6 is 0 Å². The average molecular weight is 650 g/mol. The fourth-order valence-corrected chi connectivity index (χ4v) is 7.68. The first-order chi connectivity index (χ1) is 24.8. The van der Waals surface area contributed by atoms with Crippen molar-refractivity contribution < 1.29 is 0 Å². The Kier molecular flexibility index (Phi) is 8.17. The highest BCUT2D eigenvalue weighted by Gasteiger charge is 2.34. The van der Waals surface area contributed by atoms with Gasteiger partial charge in [0.05, 0.1) is 24.5 Å². The van der Waals surface area contributed by atoms with E-state index in [4.69, 9.17) is 0 Å². The van der Waals surface area contributed by atoms with Gasteiger partial charge >= 0.3 is 0 Å². The van der Waals surface area contributed by atoms with Crippen molar-refractivity contribution >= 4 is 27.2 Å². The lowest BCUT2D eigenvalue weighted by atomic mass is 9.90. The van der Waals surface area contributed by atoms with Crippen molar-refractivity contribution in [3.63, 3.8) is 0 Å². The van der Waals surface area contributed by atoms with E-state index in [1.54, 1.807) is 0 Å². The number of rotatable bonds is 6. The number of hydrogen-bond acceptors (Lipinski definition) is 5. The third kappa shape index (κ3) is 5.87. The first kappa shape index (κ1) is 30.5. The Balaban J connectivity index is 1.19. The molecular weight excluding hydrogens is 611 g/mol. The van der Waals surface area contributed by atoms with Crippen LogP contribution in [0.15, 0.2) is 176 Å². The summed E-state index contributed by atoms with van der Waals surface area (Å²) in [5, 5.41) is 24.7. The monoisotopic (exact) mass is 649 g/mol. The first-order valence-electron chi connectivity index (χ1n) is 17.5. The zero-order chi connectivity index (χ0) is 33.3. The van der Waals surface area contributed by atoms with E-state index in [-0.39, 0.29) is 30.7 Å². The first-order valence-corrected chi connectivity index (χ1v) is 17.5. The molecule has 1 saturated heterocycles. The average Bonchev–Trinajstić information content (AvgIpc) is 3.21. The second kappa shape index (κ2) is 13.4. The fraction of sp³-hybridized carbons (Fsp3) is 0.111. The van der Waals surface area contributed by atoms with Gasteiger partial charge in [0.1, 0.15) is 6.17 Å². The van der Waals surface area contributed by atoms with E-state index < -0.39 is 0 Å². The molecule has 0 bridgehead atoms. The van der Waals surface area contributed by atoms with E-state index >= 15 is 0 Å². The molecule has 2 heterocycles. The Morgan fingerprint density at radius 2 is 0.900 bits per heavy atom. The van der Waals surface area contributed by atoms with Crippen LogP contribution in [0.4, 0.5) is 0 Å². The molecule has 0 aliphatic carbocycles. The Morgan fingerprint density at radius 1 is 0.360 bits per heavy atom. The summed E-state index contributed by atoms with van der Waals surface area (Å²) < 4.78 is 0. The van der Waals surface area contributed by atoms with Crippen LogP contribution in [0.3, 0.4) is 0 Å². The molecule has 1 fully saturated rings. The molecule has 5 N–H and O–H groups in total. The third-order valence-corrected chi connectivity index (χ3v) is 10.1. The standard InChI is InChI=1S/C45H39N5/c1-4-17-32(18-5-1)39-29-40(37-26-14-23-30-15-10-12-24-35(30)37)47-44(46-39)38-28-27-31-16-11-13-25-36(31)41(38)45-49-42(33-19-6-2-7-20-33)48-43(50-45)34-21-8-3-9-22-34/h1-29,40,42-50H. The Morgan fingerprint density at radius 3 is 1.58 bits per heavy atom. The summed E-state index contributed by atoms with van der Waals surface area (Å²) in [4.78, 5) is 0. The third-order valence-electron chi connectivity index (χ3n) is 10.1. The predicted octanol–water partition coefficient (Wildman–Crippen LogP) is 9.15. The molecule has 0 radical (unpaired) electrons. The van der Waals surface area contributed by atoms with Crippen LogP contribution in [0, 0.1) is 0 Å². The molecule has 0 spiro atoms. The molecule has 5 nitrogen and oxygen atoms in total. The molecule has 7 aromatic rings. The molecular formula is C45H39N5. The Hall–Kier alpha value is -5.56. The summed E-state index contributed by atoms with van der Waals surface area (Å²) >= 11 is 0. The summed E-state index contributed by atoms with van der Waals surface area (Å²) in [7, 11) is 0. The summed E-state index contributed by atoms with van der Waals surface area (Å²) in [5.74, 6) is 0. The van der Waals surface area contributed by atoms with Crippen LogP contribution < -0.4 is 26.6 Å².